The summed E-state index contributed by atoms with van der Waals surface area (Å²) in [5.74, 6) is -1.03. The van der Waals surface area contributed by atoms with Crippen molar-refractivity contribution in [3.63, 3.8) is 0 Å². The van der Waals surface area contributed by atoms with Crippen molar-refractivity contribution in [2.45, 2.75) is 24.8 Å². The van der Waals surface area contributed by atoms with E-state index in [1.165, 1.54) is 7.11 Å². The highest BCUT2D eigenvalue weighted by atomic mass is 35.5. The molecule has 3 N–H and O–H groups in total. The topological polar surface area (TPSA) is 90.7 Å². The molecule has 1 aliphatic rings. The van der Waals surface area contributed by atoms with Gasteiger partial charge in [-0.25, -0.2) is 0 Å². The Balaban J connectivity index is 0.00000288. The Hall–Kier alpha value is -1.63. The van der Waals surface area contributed by atoms with E-state index in [1.54, 1.807) is 0 Å². The standard InChI is InChI=1S/C17H24N2O4.ClH/c1-22-17(21)14(12-5-3-2-4-6-12)11-19-16(20)15(18)13-7-9-23-10-8-13;/h2-6,13-15H,7-11,18H2,1H3,(H,19,20);1H. The van der Waals surface area contributed by atoms with Crippen LogP contribution in [0.1, 0.15) is 24.3 Å². The van der Waals surface area contributed by atoms with Crippen LogP contribution in [-0.2, 0) is 19.1 Å². The maximum Gasteiger partial charge on any atom is 0.314 e. The minimum Gasteiger partial charge on any atom is -0.468 e. The van der Waals surface area contributed by atoms with E-state index < -0.39 is 12.0 Å². The molecule has 2 unspecified atom stereocenters. The molecule has 0 spiro atoms. The summed E-state index contributed by atoms with van der Waals surface area (Å²) in [4.78, 5) is 24.2. The van der Waals surface area contributed by atoms with Gasteiger partial charge in [-0.2, -0.15) is 0 Å². The smallest absolute Gasteiger partial charge is 0.314 e. The van der Waals surface area contributed by atoms with Crippen molar-refractivity contribution in [1.29, 1.82) is 0 Å². The van der Waals surface area contributed by atoms with Crippen molar-refractivity contribution in [3.05, 3.63) is 35.9 Å². The Kier molecular flexibility index (Phi) is 8.74. The maximum atomic E-state index is 12.3. The van der Waals surface area contributed by atoms with Crippen molar-refractivity contribution in [2.75, 3.05) is 26.9 Å². The number of rotatable bonds is 6. The molecule has 24 heavy (non-hydrogen) atoms. The van der Waals surface area contributed by atoms with Crippen molar-refractivity contribution >= 4 is 24.3 Å². The summed E-state index contributed by atoms with van der Waals surface area (Å²) in [6.07, 6.45) is 1.57. The number of carbonyl (C=O) groups excluding carboxylic acids is 2. The maximum absolute atomic E-state index is 12.3. The molecule has 1 fully saturated rings. The summed E-state index contributed by atoms with van der Waals surface area (Å²) in [6, 6.07) is 8.67. The van der Waals surface area contributed by atoms with Crippen LogP contribution in [0.15, 0.2) is 30.3 Å². The van der Waals surface area contributed by atoms with Gasteiger partial charge < -0.3 is 20.5 Å². The van der Waals surface area contributed by atoms with E-state index in [-0.39, 0.29) is 36.7 Å². The molecule has 0 aliphatic carbocycles. The molecular weight excluding hydrogens is 332 g/mol. The molecule has 1 amide bonds. The molecule has 2 rings (SSSR count). The van der Waals surface area contributed by atoms with Gasteiger partial charge in [0.2, 0.25) is 5.91 Å². The van der Waals surface area contributed by atoms with Gasteiger partial charge in [0.15, 0.2) is 0 Å². The highest BCUT2D eigenvalue weighted by molar-refractivity contribution is 5.85. The number of hydrogen-bond donors (Lipinski definition) is 2. The number of hydrogen-bond acceptors (Lipinski definition) is 5. The summed E-state index contributed by atoms with van der Waals surface area (Å²) >= 11 is 0. The van der Waals surface area contributed by atoms with Gasteiger partial charge in [0.1, 0.15) is 0 Å². The average molecular weight is 357 g/mol. The third kappa shape index (κ3) is 5.47. The highest BCUT2D eigenvalue weighted by Gasteiger charge is 2.28. The lowest BCUT2D eigenvalue weighted by molar-refractivity contribution is -0.142. The van der Waals surface area contributed by atoms with Crippen molar-refractivity contribution < 1.29 is 19.1 Å². The Morgan fingerprint density at radius 1 is 1.29 bits per heavy atom. The number of esters is 1. The first kappa shape index (κ1) is 20.4. The number of methoxy groups -OCH3 is 1. The third-order valence-corrected chi connectivity index (χ3v) is 4.24. The summed E-state index contributed by atoms with van der Waals surface area (Å²) in [5, 5.41) is 2.79. The molecular formula is C17H25ClN2O4. The summed E-state index contributed by atoms with van der Waals surface area (Å²) in [6.45, 7) is 1.45. The van der Waals surface area contributed by atoms with Crippen molar-refractivity contribution in [3.8, 4) is 0 Å². The Morgan fingerprint density at radius 2 is 1.92 bits per heavy atom. The Labute approximate surface area is 148 Å². The van der Waals surface area contributed by atoms with Gasteiger partial charge in [0, 0.05) is 19.8 Å². The van der Waals surface area contributed by atoms with Crippen LogP contribution in [0.2, 0.25) is 0 Å². The highest BCUT2D eigenvalue weighted by Crippen LogP contribution is 2.19. The van der Waals surface area contributed by atoms with E-state index >= 15 is 0 Å². The van der Waals surface area contributed by atoms with Crippen molar-refractivity contribution in [2.24, 2.45) is 11.7 Å². The molecule has 0 saturated carbocycles. The lowest BCUT2D eigenvalue weighted by Crippen LogP contribution is -2.48. The molecule has 134 valence electrons. The first-order valence-electron chi connectivity index (χ1n) is 7.87. The quantitative estimate of drug-likeness (QED) is 0.748. The minimum absolute atomic E-state index is 0. The van der Waals surface area contributed by atoms with Crippen molar-refractivity contribution in [1.82, 2.24) is 5.32 Å². The van der Waals surface area contributed by atoms with E-state index in [2.05, 4.69) is 5.32 Å². The zero-order valence-electron chi connectivity index (χ0n) is 13.8. The molecule has 2 atom stereocenters. The fraction of sp³-hybridized carbons (Fsp3) is 0.529. The van der Waals surface area contributed by atoms with E-state index in [9.17, 15) is 9.59 Å². The fourth-order valence-electron chi connectivity index (χ4n) is 2.77. The predicted octanol–water partition coefficient (Wildman–Crippen LogP) is 1.24. The van der Waals surface area contributed by atoms with Gasteiger partial charge in [-0.15, -0.1) is 12.4 Å². The van der Waals surface area contributed by atoms with Crippen LogP contribution in [-0.4, -0.2) is 44.8 Å². The predicted molar refractivity (Wildman–Crippen MR) is 93.0 cm³/mol. The van der Waals surface area contributed by atoms with Crippen LogP contribution in [0.5, 0.6) is 0 Å². The molecule has 1 heterocycles. The van der Waals surface area contributed by atoms with Gasteiger partial charge in [-0.05, 0) is 24.3 Å². The minimum atomic E-state index is -0.576. The summed E-state index contributed by atoms with van der Waals surface area (Å²) in [7, 11) is 1.34. The van der Waals surface area contributed by atoms with Crippen LogP contribution in [0.4, 0.5) is 0 Å². The molecule has 1 aromatic carbocycles. The third-order valence-electron chi connectivity index (χ3n) is 4.24. The van der Waals surface area contributed by atoms with Gasteiger partial charge in [-0.1, -0.05) is 30.3 Å². The second-order valence-electron chi connectivity index (χ2n) is 5.71. The number of nitrogens with one attached hydrogen (secondary N) is 1. The SMILES string of the molecule is COC(=O)C(CNC(=O)C(N)C1CCOCC1)c1ccccc1.Cl. The molecule has 0 radical (unpaired) electrons. The Morgan fingerprint density at radius 3 is 2.50 bits per heavy atom. The number of halogens is 1. The molecule has 7 heteroatoms. The monoisotopic (exact) mass is 356 g/mol. The number of amides is 1. The summed E-state index contributed by atoms with van der Waals surface area (Å²) < 4.78 is 10.1. The summed E-state index contributed by atoms with van der Waals surface area (Å²) in [5.41, 5.74) is 6.85. The van der Waals surface area contributed by atoms with Crippen LogP contribution < -0.4 is 11.1 Å². The second kappa shape index (κ2) is 10.3. The van der Waals surface area contributed by atoms with Crippen LogP contribution >= 0.6 is 12.4 Å². The molecule has 0 aromatic heterocycles. The lowest BCUT2D eigenvalue weighted by Gasteiger charge is -2.27. The zero-order chi connectivity index (χ0) is 16.7. The van der Waals surface area contributed by atoms with Gasteiger partial charge in [0.05, 0.1) is 19.1 Å². The average Bonchev–Trinajstić information content (AvgIpc) is 2.62. The van der Waals surface area contributed by atoms with Crippen LogP contribution in [0.25, 0.3) is 0 Å². The van der Waals surface area contributed by atoms with Gasteiger partial charge in [-0.3, -0.25) is 9.59 Å². The number of carbonyl (C=O) groups is 2. The number of ether oxygens (including phenoxy) is 2. The first-order chi connectivity index (χ1) is 11.1. The lowest BCUT2D eigenvalue weighted by atomic mass is 9.91. The molecule has 1 aliphatic heterocycles. The molecule has 1 saturated heterocycles. The van der Waals surface area contributed by atoms with E-state index in [0.717, 1.165) is 18.4 Å². The van der Waals surface area contributed by atoms with Crippen LogP contribution in [0, 0.1) is 5.92 Å². The first-order valence-corrected chi connectivity index (χ1v) is 7.87. The Bertz CT molecular complexity index is 521. The van der Waals surface area contributed by atoms with Gasteiger partial charge in [0.25, 0.3) is 0 Å². The normalized spacial score (nSPS) is 17.2. The largest absolute Gasteiger partial charge is 0.468 e. The van der Waals surface area contributed by atoms with Crippen LogP contribution in [0.3, 0.4) is 0 Å². The number of nitrogens with two attached hydrogens (primary N) is 1. The van der Waals surface area contributed by atoms with E-state index in [0.29, 0.717) is 13.2 Å². The second-order valence-corrected chi connectivity index (χ2v) is 5.71. The zero-order valence-corrected chi connectivity index (χ0v) is 14.6. The molecule has 1 aromatic rings. The van der Waals surface area contributed by atoms with E-state index in [4.69, 9.17) is 15.2 Å². The molecule has 6 nitrogen and oxygen atoms in total. The van der Waals surface area contributed by atoms with Gasteiger partial charge >= 0.3 is 5.97 Å². The van der Waals surface area contributed by atoms with E-state index in [1.807, 2.05) is 30.3 Å². The number of benzene rings is 1. The fourth-order valence-corrected chi connectivity index (χ4v) is 2.77. The molecule has 0 bridgehead atoms.